The molecule has 4 heteroatoms. The Morgan fingerprint density at radius 1 is 1.73 bits per heavy atom. The van der Waals surface area contributed by atoms with Crippen LogP contribution in [0.1, 0.15) is 12.8 Å². The van der Waals surface area contributed by atoms with Gasteiger partial charge >= 0.3 is 0 Å². The summed E-state index contributed by atoms with van der Waals surface area (Å²) in [6.45, 7) is 0.847. The van der Waals surface area contributed by atoms with Crippen LogP contribution in [0.4, 0.5) is 0 Å². The maximum absolute atomic E-state index is 5.43. The topological polar surface area (TPSA) is 22.1 Å². The minimum atomic E-state index is 0.781. The van der Waals surface area contributed by atoms with Gasteiger partial charge in [-0.1, -0.05) is 11.3 Å². The molecule has 1 heterocycles. The lowest BCUT2D eigenvalue weighted by Crippen LogP contribution is -1.97. The Hall–Kier alpha value is -0.0900. The number of aromatic nitrogens is 1. The molecule has 0 aliphatic heterocycles. The lowest BCUT2D eigenvalue weighted by Gasteiger charge is -1.97. The molecular formula is C7H8BrNOS. The van der Waals surface area contributed by atoms with Crippen LogP contribution in [0.5, 0.6) is 5.19 Å². The van der Waals surface area contributed by atoms with Crippen molar-refractivity contribution in [3.05, 3.63) is 9.98 Å². The number of hydrogen-bond acceptors (Lipinski definition) is 3. The van der Waals surface area contributed by atoms with E-state index in [1.54, 1.807) is 0 Å². The van der Waals surface area contributed by atoms with Crippen LogP contribution in [-0.2, 0) is 0 Å². The highest BCUT2D eigenvalue weighted by molar-refractivity contribution is 9.10. The van der Waals surface area contributed by atoms with Crippen LogP contribution < -0.4 is 4.74 Å². The lowest BCUT2D eigenvalue weighted by atomic mass is 10.5. The van der Waals surface area contributed by atoms with Crippen LogP contribution in [0.25, 0.3) is 0 Å². The smallest absolute Gasteiger partial charge is 0.274 e. The van der Waals surface area contributed by atoms with Crippen molar-refractivity contribution in [2.24, 2.45) is 5.92 Å². The van der Waals surface area contributed by atoms with Crippen molar-refractivity contribution in [1.29, 1.82) is 0 Å². The molecule has 60 valence electrons. The standard InChI is InChI=1S/C7H8BrNOS/c8-6-4-11-7(9-6)10-3-5-1-2-5/h4-5H,1-3H2. The van der Waals surface area contributed by atoms with Gasteiger partial charge in [0.05, 0.1) is 6.61 Å². The quantitative estimate of drug-likeness (QED) is 0.802. The van der Waals surface area contributed by atoms with Crippen LogP contribution in [0, 0.1) is 5.92 Å². The molecule has 1 fully saturated rings. The Morgan fingerprint density at radius 2 is 2.55 bits per heavy atom. The number of nitrogens with zero attached hydrogens (tertiary/aromatic N) is 1. The number of thiazole rings is 1. The molecule has 0 saturated heterocycles. The molecule has 1 aromatic heterocycles. The van der Waals surface area contributed by atoms with E-state index in [4.69, 9.17) is 4.74 Å². The summed E-state index contributed by atoms with van der Waals surface area (Å²) in [6.07, 6.45) is 2.65. The molecule has 0 aromatic carbocycles. The Labute approximate surface area is 77.7 Å². The molecule has 11 heavy (non-hydrogen) atoms. The second kappa shape index (κ2) is 3.11. The van der Waals surface area contributed by atoms with E-state index in [1.807, 2.05) is 5.38 Å². The summed E-state index contributed by atoms with van der Waals surface area (Å²) >= 11 is 4.81. The summed E-state index contributed by atoms with van der Waals surface area (Å²) < 4.78 is 6.30. The van der Waals surface area contributed by atoms with Gasteiger partial charge in [0.1, 0.15) is 4.60 Å². The van der Waals surface area contributed by atoms with E-state index in [0.717, 1.165) is 22.3 Å². The third-order valence-corrected chi connectivity index (χ3v) is 3.06. The van der Waals surface area contributed by atoms with E-state index in [9.17, 15) is 0 Å². The van der Waals surface area contributed by atoms with E-state index in [1.165, 1.54) is 24.2 Å². The normalized spacial score (nSPS) is 16.8. The summed E-state index contributed by atoms with van der Waals surface area (Å²) in [7, 11) is 0. The van der Waals surface area contributed by atoms with Crippen LogP contribution in [0.3, 0.4) is 0 Å². The first-order valence-electron chi connectivity index (χ1n) is 3.58. The molecule has 0 N–H and O–H groups in total. The van der Waals surface area contributed by atoms with Crippen molar-refractivity contribution in [3.8, 4) is 5.19 Å². The van der Waals surface area contributed by atoms with E-state index in [2.05, 4.69) is 20.9 Å². The van der Waals surface area contributed by atoms with E-state index >= 15 is 0 Å². The molecule has 1 aliphatic carbocycles. The summed E-state index contributed by atoms with van der Waals surface area (Å²) in [5, 5.41) is 2.71. The number of hydrogen-bond donors (Lipinski definition) is 0. The SMILES string of the molecule is Brc1csc(OCC2CC2)n1. The molecule has 2 rings (SSSR count). The zero-order valence-corrected chi connectivity index (χ0v) is 8.32. The Balaban J connectivity index is 1.85. The van der Waals surface area contributed by atoms with Gasteiger partial charge in [-0.3, -0.25) is 0 Å². The number of ether oxygens (including phenoxy) is 1. The second-order valence-electron chi connectivity index (χ2n) is 2.69. The van der Waals surface area contributed by atoms with Crippen molar-refractivity contribution < 1.29 is 4.74 Å². The zero-order chi connectivity index (χ0) is 7.68. The Kier molecular flexibility index (Phi) is 2.13. The molecule has 0 amide bonds. The summed E-state index contributed by atoms with van der Waals surface area (Å²) in [4.78, 5) is 4.12. The molecule has 1 aliphatic rings. The first-order valence-corrected chi connectivity index (χ1v) is 5.25. The van der Waals surface area contributed by atoms with Gasteiger partial charge in [-0.2, -0.15) is 4.98 Å². The molecule has 0 atom stereocenters. The van der Waals surface area contributed by atoms with Crippen molar-refractivity contribution in [3.63, 3.8) is 0 Å². The van der Waals surface area contributed by atoms with Crippen LogP contribution in [0.2, 0.25) is 0 Å². The van der Waals surface area contributed by atoms with Gasteiger partial charge in [0.25, 0.3) is 5.19 Å². The molecule has 1 saturated carbocycles. The number of halogens is 1. The third-order valence-electron chi connectivity index (χ3n) is 1.59. The highest BCUT2D eigenvalue weighted by atomic mass is 79.9. The van der Waals surface area contributed by atoms with Crippen LogP contribution in [0.15, 0.2) is 9.98 Å². The lowest BCUT2D eigenvalue weighted by molar-refractivity contribution is 0.298. The molecule has 0 spiro atoms. The first-order chi connectivity index (χ1) is 5.34. The van der Waals surface area contributed by atoms with Crippen LogP contribution >= 0.6 is 27.3 Å². The molecular weight excluding hydrogens is 226 g/mol. The van der Waals surface area contributed by atoms with Crippen molar-refractivity contribution in [2.75, 3.05) is 6.61 Å². The predicted molar refractivity (Wildman–Crippen MR) is 48.0 cm³/mol. The fourth-order valence-corrected chi connectivity index (χ4v) is 1.88. The van der Waals surface area contributed by atoms with Gasteiger partial charge in [0, 0.05) is 5.38 Å². The maximum atomic E-state index is 5.43. The largest absolute Gasteiger partial charge is 0.470 e. The van der Waals surface area contributed by atoms with Gasteiger partial charge in [-0.25, -0.2) is 0 Å². The Bertz CT molecular complexity index is 246. The van der Waals surface area contributed by atoms with Crippen LogP contribution in [-0.4, -0.2) is 11.6 Å². The van der Waals surface area contributed by atoms with Crippen molar-refractivity contribution in [1.82, 2.24) is 4.98 Å². The summed E-state index contributed by atoms with van der Waals surface area (Å²) in [6, 6.07) is 0. The fourth-order valence-electron chi connectivity index (χ4n) is 0.779. The van der Waals surface area contributed by atoms with Gasteiger partial charge in [0.15, 0.2) is 0 Å². The molecule has 2 nitrogen and oxygen atoms in total. The van der Waals surface area contributed by atoms with Gasteiger partial charge in [-0.15, -0.1) is 0 Å². The van der Waals surface area contributed by atoms with Crippen molar-refractivity contribution in [2.45, 2.75) is 12.8 Å². The highest BCUT2D eigenvalue weighted by Gasteiger charge is 2.22. The van der Waals surface area contributed by atoms with E-state index in [-0.39, 0.29) is 0 Å². The number of rotatable bonds is 3. The molecule has 0 bridgehead atoms. The molecule has 1 aromatic rings. The maximum Gasteiger partial charge on any atom is 0.274 e. The minimum Gasteiger partial charge on any atom is -0.470 e. The molecule has 0 radical (unpaired) electrons. The summed E-state index contributed by atoms with van der Waals surface area (Å²) in [5.41, 5.74) is 0. The predicted octanol–water partition coefficient (Wildman–Crippen LogP) is 2.69. The van der Waals surface area contributed by atoms with Crippen molar-refractivity contribution >= 4 is 27.3 Å². The van der Waals surface area contributed by atoms with E-state index < -0.39 is 0 Å². The summed E-state index contributed by atoms with van der Waals surface area (Å²) in [5.74, 6) is 0.803. The van der Waals surface area contributed by atoms with Gasteiger partial charge in [-0.05, 0) is 34.7 Å². The first kappa shape index (κ1) is 7.55. The fraction of sp³-hybridized carbons (Fsp3) is 0.571. The highest BCUT2D eigenvalue weighted by Crippen LogP contribution is 2.30. The van der Waals surface area contributed by atoms with E-state index in [0.29, 0.717) is 0 Å². The van der Waals surface area contributed by atoms with Gasteiger partial charge in [0.2, 0.25) is 0 Å². The third kappa shape index (κ3) is 2.17. The second-order valence-corrected chi connectivity index (χ2v) is 4.32. The average Bonchev–Trinajstić information content (AvgIpc) is 2.72. The molecule has 0 unspecified atom stereocenters. The average molecular weight is 234 g/mol. The zero-order valence-electron chi connectivity index (χ0n) is 5.92. The Morgan fingerprint density at radius 3 is 3.09 bits per heavy atom. The monoisotopic (exact) mass is 233 g/mol. The minimum absolute atomic E-state index is 0.781. The van der Waals surface area contributed by atoms with Gasteiger partial charge < -0.3 is 4.74 Å².